The lowest BCUT2D eigenvalue weighted by molar-refractivity contribution is -0.118. The lowest BCUT2D eigenvalue weighted by Gasteiger charge is -2.20. The van der Waals surface area contributed by atoms with E-state index in [9.17, 15) is 13.6 Å². The Labute approximate surface area is 132 Å². The molecule has 22 heavy (non-hydrogen) atoms. The van der Waals surface area contributed by atoms with Gasteiger partial charge in [-0.25, -0.2) is 0 Å². The van der Waals surface area contributed by atoms with E-state index in [0.29, 0.717) is 5.56 Å². The van der Waals surface area contributed by atoms with E-state index in [4.69, 9.17) is 5.73 Å². The molecule has 0 fully saturated rings. The van der Waals surface area contributed by atoms with E-state index < -0.39 is 22.2 Å². The van der Waals surface area contributed by atoms with Gasteiger partial charge in [0.15, 0.2) is 0 Å². The van der Waals surface area contributed by atoms with Crippen molar-refractivity contribution in [1.82, 2.24) is 0 Å². The van der Waals surface area contributed by atoms with Crippen LogP contribution in [0.25, 0.3) is 10.8 Å². The van der Waals surface area contributed by atoms with Crippen molar-refractivity contribution in [3.05, 3.63) is 42.0 Å². The molecule has 0 radical (unpaired) electrons. The quantitative estimate of drug-likeness (QED) is 0.826. The molecule has 1 amide bonds. The zero-order valence-electron chi connectivity index (χ0n) is 12.6. The van der Waals surface area contributed by atoms with Crippen molar-refractivity contribution in [3.8, 4) is 0 Å². The van der Waals surface area contributed by atoms with E-state index in [-0.39, 0.29) is 12.8 Å². The van der Waals surface area contributed by atoms with Crippen LogP contribution >= 0.6 is 0 Å². The third-order valence-corrected chi connectivity index (χ3v) is 4.59. The van der Waals surface area contributed by atoms with Crippen LogP contribution in [0, 0.1) is 0 Å². The molecule has 0 aliphatic heterocycles. The highest BCUT2D eigenvalue weighted by Crippen LogP contribution is 2.29. The summed E-state index contributed by atoms with van der Waals surface area (Å²) in [5.74, 6) is -0.494. The van der Waals surface area contributed by atoms with Gasteiger partial charge in [-0.15, -0.1) is 0 Å². The molecule has 0 heterocycles. The van der Waals surface area contributed by atoms with Gasteiger partial charge in [0.05, 0.1) is 0 Å². The van der Waals surface area contributed by atoms with Gasteiger partial charge in [0, 0.05) is 31.5 Å². The van der Waals surface area contributed by atoms with Gasteiger partial charge in [0.1, 0.15) is 0 Å². The zero-order valence-corrected chi connectivity index (χ0v) is 13.4. The molecular formula is C16H19N2O3S-. The maximum Gasteiger partial charge on any atom is 0.217 e. The standard InChI is InChI=1S/C16H20N2O3S/c1-18(2)14-6-5-11-9-13(4-3-12(11)10-14)15(22(20)21)7-8-16(17)19/h3-6,9-10,15H,7-8H2,1-2H3,(H2,17,19)(H,20,21)/p-1. The van der Waals surface area contributed by atoms with Crippen molar-refractivity contribution in [1.29, 1.82) is 0 Å². The third kappa shape index (κ3) is 3.84. The lowest BCUT2D eigenvalue weighted by Crippen LogP contribution is -2.14. The molecule has 0 saturated carbocycles. The van der Waals surface area contributed by atoms with Crippen LogP contribution in [-0.4, -0.2) is 28.8 Å². The monoisotopic (exact) mass is 319 g/mol. The van der Waals surface area contributed by atoms with Crippen LogP contribution in [0.5, 0.6) is 0 Å². The van der Waals surface area contributed by atoms with E-state index in [1.807, 2.05) is 49.3 Å². The second-order valence-electron chi connectivity index (χ2n) is 5.44. The second-order valence-corrected chi connectivity index (χ2v) is 6.53. The number of carbonyl (C=O) groups excluding carboxylic acids is 1. The van der Waals surface area contributed by atoms with Crippen molar-refractivity contribution in [2.75, 3.05) is 19.0 Å². The largest absolute Gasteiger partial charge is 0.772 e. The number of rotatable bonds is 6. The smallest absolute Gasteiger partial charge is 0.217 e. The molecule has 0 bridgehead atoms. The minimum atomic E-state index is -2.29. The number of hydrogen-bond donors (Lipinski definition) is 1. The summed E-state index contributed by atoms with van der Waals surface area (Å²) in [5.41, 5.74) is 6.87. The van der Waals surface area contributed by atoms with Gasteiger partial charge in [-0.05, 0) is 52.0 Å². The molecule has 0 spiro atoms. The number of fused-ring (bicyclic) bond motifs is 1. The van der Waals surface area contributed by atoms with E-state index >= 15 is 0 Å². The molecule has 2 aromatic carbocycles. The van der Waals surface area contributed by atoms with E-state index in [1.165, 1.54) is 0 Å². The van der Waals surface area contributed by atoms with Gasteiger partial charge >= 0.3 is 0 Å². The Morgan fingerprint density at radius 1 is 1.23 bits per heavy atom. The fraction of sp³-hybridized carbons (Fsp3) is 0.312. The number of carbonyl (C=O) groups is 1. The first-order valence-electron chi connectivity index (χ1n) is 6.96. The Morgan fingerprint density at radius 2 is 1.86 bits per heavy atom. The van der Waals surface area contributed by atoms with Gasteiger partial charge in [-0.3, -0.25) is 9.00 Å². The molecule has 2 rings (SSSR count). The summed E-state index contributed by atoms with van der Waals surface area (Å²) < 4.78 is 22.9. The molecule has 5 nitrogen and oxygen atoms in total. The maximum atomic E-state index is 11.4. The first-order valence-corrected chi connectivity index (χ1v) is 8.09. The average Bonchev–Trinajstić information content (AvgIpc) is 2.46. The van der Waals surface area contributed by atoms with Crippen LogP contribution in [0.3, 0.4) is 0 Å². The van der Waals surface area contributed by atoms with Crippen molar-refractivity contribution >= 4 is 33.4 Å². The Morgan fingerprint density at radius 3 is 2.45 bits per heavy atom. The maximum absolute atomic E-state index is 11.4. The van der Waals surface area contributed by atoms with Crippen LogP contribution in [0.1, 0.15) is 23.7 Å². The molecule has 0 aliphatic rings. The number of amides is 1. The highest BCUT2D eigenvalue weighted by Gasteiger charge is 2.14. The molecule has 6 heteroatoms. The van der Waals surface area contributed by atoms with Crippen molar-refractivity contribution in [3.63, 3.8) is 0 Å². The summed E-state index contributed by atoms with van der Waals surface area (Å²) in [6, 6.07) is 11.6. The lowest BCUT2D eigenvalue weighted by atomic mass is 10.0. The van der Waals surface area contributed by atoms with Crippen LogP contribution in [0.2, 0.25) is 0 Å². The van der Waals surface area contributed by atoms with Crippen LogP contribution < -0.4 is 10.6 Å². The molecule has 0 aliphatic carbocycles. The summed E-state index contributed by atoms with van der Waals surface area (Å²) in [7, 11) is 3.94. The van der Waals surface area contributed by atoms with Gasteiger partial charge in [0.25, 0.3) is 0 Å². The van der Waals surface area contributed by atoms with Crippen LogP contribution in [-0.2, 0) is 15.9 Å². The Hall–Kier alpha value is -1.92. The normalized spacial score (nSPS) is 13.8. The summed E-state index contributed by atoms with van der Waals surface area (Å²) in [4.78, 5) is 12.9. The summed E-state index contributed by atoms with van der Waals surface area (Å²) in [6.45, 7) is 0. The molecule has 118 valence electrons. The third-order valence-electron chi connectivity index (χ3n) is 3.62. The van der Waals surface area contributed by atoms with Crippen molar-refractivity contribution < 1.29 is 13.6 Å². The zero-order chi connectivity index (χ0) is 16.3. The SMILES string of the molecule is CN(C)c1ccc2cc(C(CCC(N)=O)S(=O)[O-])ccc2c1. The van der Waals surface area contributed by atoms with Gasteiger partial charge in [-0.1, -0.05) is 18.2 Å². The second kappa shape index (κ2) is 6.89. The first kappa shape index (κ1) is 16.5. The van der Waals surface area contributed by atoms with E-state index in [2.05, 4.69) is 0 Å². The number of primary amides is 1. The summed E-state index contributed by atoms with van der Waals surface area (Å²) in [5, 5.41) is 1.29. The fourth-order valence-corrected chi connectivity index (χ4v) is 3.06. The minimum Gasteiger partial charge on any atom is -0.772 e. The Kier molecular flexibility index (Phi) is 5.15. The van der Waals surface area contributed by atoms with Crippen LogP contribution in [0.15, 0.2) is 36.4 Å². The number of anilines is 1. The fourth-order valence-electron chi connectivity index (χ4n) is 2.38. The number of nitrogens with two attached hydrogens (primary N) is 1. The molecule has 0 aromatic heterocycles. The predicted octanol–water partition coefficient (Wildman–Crippen LogP) is 2.09. The highest BCUT2D eigenvalue weighted by atomic mass is 32.2. The predicted molar refractivity (Wildman–Crippen MR) is 88.4 cm³/mol. The average molecular weight is 319 g/mol. The molecule has 2 atom stereocenters. The molecular weight excluding hydrogens is 300 g/mol. The topological polar surface area (TPSA) is 86.5 Å². The number of nitrogens with zero attached hydrogens (tertiary/aromatic N) is 1. The highest BCUT2D eigenvalue weighted by molar-refractivity contribution is 7.79. The van der Waals surface area contributed by atoms with Gasteiger partial charge < -0.3 is 15.2 Å². The number of benzene rings is 2. The Balaban J connectivity index is 2.36. The summed E-state index contributed by atoms with van der Waals surface area (Å²) in [6.07, 6.45) is 0.253. The van der Waals surface area contributed by atoms with E-state index in [0.717, 1.165) is 16.5 Å². The Bertz CT molecular complexity index is 716. The van der Waals surface area contributed by atoms with Crippen molar-refractivity contribution in [2.45, 2.75) is 18.1 Å². The van der Waals surface area contributed by atoms with Crippen LogP contribution in [0.4, 0.5) is 5.69 Å². The van der Waals surface area contributed by atoms with Crippen molar-refractivity contribution in [2.24, 2.45) is 5.73 Å². The van der Waals surface area contributed by atoms with E-state index in [1.54, 1.807) is 6.07 Å². The van der Waals surface area contributed by atoms with Gasteiger partial charge in [-0.2, -0.15) is 0 Å². The molecule has 0 saturated heterocycles. The molecule has 2 N–H and O–H groups in total. The summed E-state index contributed by atoms with van der Waals surface area (Å²) >= 11 is -2.29. The molecule has 2 unspecified atom stereocenters. The minimum absolute atomic E-state index is 0.0518. The first-order chi connectivity index (χ1) is 10.4. The molecule has 2 aromatic rings. The van der Waals surface area contributed by atoms with Gasteiger partial charge in [0.2, 0.25) is 5.91 Å². The number of hydrogen-bond acceptors (Lipinski definition) is 4.